The first kappa shape index (κ1) is 27.8. The van der Waals surface area contributed by atoms with Crippen molar-refractivity contribution in [2.24, 2.45) is 11.8 Å². The molecule has 10 heteroatoms. The van der Waals surface area contributed by atoms with Gasteiger partial charge in [-0.1, -0.05) is 30.3 Å². The molecule has 2 amide bonds. The van der Waals surface area contributed by atoms with Crippen molar-refractivity contribution in [1.82, 2.24) is 15.2 Å². The highest BCUT2D eigenvalue weighted by Gasteiger charge is 2.51. The van der Waals surface area contributed by atoms with Crippen LogP contribution in [-0.4, -0.2) is 60.0 Å². The number of aryl methyl sites for hydroxylation is 1. The van der Waals surface area contributed by atoms with Crippen LogP contribution in [0.4, 0.5) is 14.5 Å². The van der Waals surface area contributed by atoms with Crippen molar-refractivity contribution >= 4 is 28.8 Å². The number of methoxy groups -OCH3 is 1. The second kappa shape index (κ2) is 11.1. The van der Waals surface area contributed by atoms with Gasteiger partial charge in [0.05, 0.1) is 35.3 Å². The number of nitrogens with one attached hydrogen (secondary N) is 2. The topological polar surface area (TPSA) is 83.6 Å². The molecule has 216 valence electrons. The minimum atomic E-state index is -2.96. The Morgan fingerprint density at radius 1 is 1.17 bits per heavy atom. The van der Waals surface area contributed by atoms with Crippen molar-refractivity contribution in [2.45, 2.75) is 56.7 Å². The summed E-state index contributed by atoms with van der Waals surface area (Å²) in [5.41, 5.74) is 4.09. The SMILES string of the molecule is COC[C@@H]1Nc2ccccc2[C@H]2[C@@H]1CCN2C(=O)[C@H]1CC(F)(F)CC[C@H]1NC(=O)c1ccc(-c2csc(C)n2)cc1. The minimum Gasteiger partial charge on any atom is -0.383 e. The molecule has 2 aliphatic heterocycles. The maximum absolute atomic E-state index is 14.8. The highest BCUT2D eigenvalue weighted by Crippen LogP contribution is 2.48. The molecule has 1 aliphatic carbocycles. The molecule has 0 unspecified atom stereocenters. The van der Waals surface area contributed by atoms with Crippen LogP contribution in [-0.2, 0) is 9.53 Å². The maximum atomic E-state index is 14.8. The zero-order valence-corrected chi connectivity index (χ0v) is 23.9. The van der Waals surface area contributed by atoms with Crippen LogP contribution in [0.25, 0.3) is 11.3 Å². The average Bonchev–Trinajstić information content (AvgIpc) is 3.61. The molecule has 3 aromatic rings. The monoisotopic (exact) mass is 580 g/mol. The van der Waals surface area contributed by atoms with Crippen molar-refractivity contribution in [2.75, 3.05) is 25.6 Å². The zero-order chi connectivity index (χ0) is 28.7. The molecule has 0 spiro atoms. The Labute approximate surface area is 242 Å². The summed E-state index contributed by atoms with van der Waals surface area (Å²) in [6, 6.07) is 14.0. The lowest BCUT2D eigenvalue weighted by atomic mass is 9.79. The molecule has 3 heterocycles. The first-order valence-electron chi connectivity index (χ1n) is 14.1. The number of amides is 2. The Kier molecular flexibility index (Phi) is 7.54. The van der Waals surface area contributed by atoms with Crippen LogP contribution < -0.4 is 10.6 Å². The molecule has 2 aromatic carbocycles. The lowest BCUT2D eigenvalue weighted by molar-refractivity contribution is -0.146. The summed E-state index contributed by atoms with van der Waals surface area (Å²) in [7, 11) is 1.65. The molecule has 1 aromatic heterocycles. The van der Waals surface area contributed by atoms with Crippen molar-refractivity contribution in [3.63, 3.8) is 0 Å². The molecule has 2 N–H and O–H groups in total. The Balaban J connectivity index is 1.23. The molecule has 0 radical (unpaired) electrons. The second-order valence-corrected chi connectivity index (χ2v) is 12.4. The highest BCUT2D eigenvalue weighted by molar-refractivity contribution is 7.09. The molecular formula is C31H34F2N4O3S. The van der Waals surface area contributed by atoms with Gasteiger partial charge in [-0.25, -0.2) is 13.8 Å². The van der Waals surface area contributed by atoms with Gasteiger partial charge in [0.2, 0.25) is 11.8 Å². The number of carbonyl (C=O) groups is 2. The number of hydrogen-bond donors (Lipinski definition) is 2. The number of likely N-dealkylation sites (tertiary alicyclic amines) is 1. The van der Waals surface area contributed by atoms with E-state index in [4.69, 9.17) is 4.74 Å². The third kappa shape index (κ3) is 5.47. The number of fused-ring (bicyclic) bond motifs is 3. The fourth-order valence-corrected chi connectivity index (χ4v) is 7.36. The van der Waals surface area contributed by atoms with Gasteiger partial charge in [0.25, 0.3) is 5.91 Å². The molecule has 0 bridgehead atoms. The number of carbonyl (C=O) groups excluding carboxylic acids is 2. The van der Waals surface area contributed by atoms with Gasteiger partial charge in [-0.2, -0.15) is 0 Å². The minimum absolute atomic E-state index is 0.0113. The van der Waals surface area contributed by atoms with E-state index in [1.165, 1.54) is 0 Å². The zero-order valence-electron chi connectivity index (χ0n) is 23.1. The third-order valence-electron chi connectivity index (χ3n) is 8.73. The van der Waals surface area contributed by atoms with Crippen LogP contribution in [0.15, 0.2) is 53.9 Å². The molecule has 5 atom stereocenters. The number of para-hydroxylation sites is 1. The largest absolute Gasteiger partial charge is 0.383 e. The van der Waals surface area contributed by atoms with Gasteiger partial charge in [-0.15, -0.1) is 11.3 Å². The highest BCUT2D eigenvalue weighted by atomic mass is 32.1. The van der Waals surface area contributed by atoms with E-state index in [0.717, 1.165) is 33.9 Å². The van der Waals surface area contributed by atoms with E-state index in [-0.39, 0.29) is 42.7 Å². The van der Waals surface area contributed by atoms with Crippen molar-refractivity contribution in [3.05, 3.63) is 70.0 Å². The standard InChI is InChI=1S/C31H34F2N4O3S/c1-18-34-27(17-41-18)19-7-9-20(10-8-19)29(38)36-25-11-13-31(32,33)15-23(25)30(39)37-14-12-22-26(16-40-2)35-24-6-4-3-5-21(24)28(22)37/h3-10,17,22-23,25-26,28,35H,11-16H2,1-2H3,(H,36,38)/t22-,23+,25-,26+,28+/m1/s1. The number of thiazole rings is 1. The number of benzene rings is 2. The van der Waals surface area contributed by atoms with Gasteiger partial charge in [0, 0.05) is 60.7 Å². The predicted octanol–water partition coefficient (Wildman–Crippen LogP) is 5.68. The van der Waals surface area contributed by atoms with Crippen LogP contribution >= 0.6 is 11.3 Å². The van der Waals surface area contributed by atoms with E-state index < -0.39 is 24.3 Å². The summed E-state index contributed by atoms with van der Waals surface area (Å²) < 4.78 is 35.0. The number of nitrogens with zero attached hydrogens (tertiary/aromatic N) is 2. The lowest BCUT2D eigenvalue weighted by Gasteiger charge is -2.42. The molecule has 2 fully saturated rings. The number of anilines is 1. The van der Waals surface area contributed by atoms with Crippen LogP contribution in [0.5, 0.6) is 0 Å². The lowest BCUT2D eigenvalue weighted by Crippen LogP contribution is -2.53. The van der Waals surface area contributed by atoms with Crippen molar-refractivity contribution in [1.29, 1.82) is 0 Å². The van der Waals surface area contributed by atoms with Gasteiger partial charge in [0.1, 0.15) is 0 Å². The Bertz CT molecular complexity index is 1430. The summed E-state index contributed by atoms with van der Waals surface area (Å²) in [6.07, 6.45) is -0.152. The average molecular weight is 581 g/mol. The summed E-state index contributed by atoms with van der Waals surface area (Å²) in [5, 5.41) is 9.41. The fourth-order valence-electron chi connectivity index (χ4n) is 6.74. The summed E-state index contributed by atoms with van der Waals surface area (Å²) in [6.45, 7) is 2.90. The molecule has 1 saturated heterocycles. The summed E-state index contributed by atoms with van der Waals surface area (Å²) in [4.78, 5) is 33.7. The summed E-state index contributed by atoms with van der Waals surface area (Å²) >= 11 is 1.55. The van der Waals surface area contributed by atoms with Gasteiger partial charge in [0.15, 0.2) is 0 Å². The van der Waals surface area contributed by atoms with Gasteiger partial charge in [-0.05, 0) is 43.5 Å². The molecule has 3 aliphatic rings. The first-order chi connectivity index (χ1) is 19.7. The second-order valence-electron chi connectivity index (χ2n) is 11.3. The van der Waals surface area contributed by atoms with Crippen LogP contribution in [0.1, 0.15) is 52.7 Å². The van der Waals surface area contributed by atoms with E-state index in [9.17, 15) is 18.4 Å². The maximum Gasteiger partial charge on any atom is 0.251 e. The summed E-state index contributed by atoms with van der Waals surface area (Å²) in [5.74, 6) is -4.55. The first-order valence-corrected chi connectivity index (χ1v) is 15.0. The van der Waals surface area contributed by atoms with E-state index in [0.29, 0.717) is 18.7 Å². The number of rotatable bonds is 6. The Hall–Kier alpha value is -3.37. The number of alkyl halides is 2. The molecule has 41 heavy (non-hydrogen) atoms. The van der Waals surface area contributed by atoms with Crippen LogP contribution in [0, 0.1) is 18.8 Å². The molecule has 7 nitrogen and oxygen atoms in total. The fraction of sp³-hybridized carbons (Fsp3) is 0.452. The Morgan fingerprint density at radius 2 is 1.95 bits per heavy atom. The number of aromatic nitrogens is 1. The van der Waals surface area contributed by atoms with E-state index in [1.54, 1.807) is 35.5 Å². The van der Waals surface area contributed by atoms with Gasteiger partial charge < -0.3 is 20.3 Å². The van der Waals surface area contributed by atoms with Crippen LogP contribution in [0.3, 0.4) is 0 Å². The normalized spacial score (nSPS) is 26.5. The third-order valence-corrected chi connectivity index (χ3v) is 9.51. The van der Waals surface area contributed by atoms with Crippen molar-refractivity contribution in [3.8, 4) is 11.3 Å². The molecule has 6 rings (SSSR count). The van der Waals surface area contributed by atoms with E-state index in [2.05, 4.69) is 15.6 Å². The number of ether oxygens (including phenoxy) is 1. The van der Waals surface area contributed by atoms with E-state index in [1.807, 2.05) is 48.7 Å². The number of halogens is 2. The quantitative estimate of drug-likeness (QED) is 0.392. The predicted molar refractivity (Wildman–Crippen MR) is 154 cm³/mol. The smallest absolute Gasteiger partial charge is 0.251 e. The van der Waals surface area contributed by atoms with Gasteiger partial charge in [-0.3, -0.25) is 9.59 Å². The van der Waals surface area contributed by atoms with E-state index >= 15 is 0 Å². The Morgan fingerprint density at radius 3 is 2.68 bits per heavy atom. The van der Waals surface area contributed by atoms with Gasteiger partial charge >= 0.3 is 0 Å². The molecule has 1 saturated carbocycles. The molecular weight excluding hydrogens is 546 g/mol. The number of hydrogen-bond acceptors (Lipinski definition) is 6. The van der Waals surface area contributed by atoms with Crippen molar-refractivity contribution < 1.29 is 23.1 Å². The van der Waals surface area contributed by atoms with Crippen LogP contribution in [0.2, 0.25) is 0 Å².